The summed E-state index contributed by atoms with van der Waals surface area (Å²) in [4.78, 5) is 0. The van der Waals surface area contributed by atoms with E-state index in [1.165, 1.54) is 0 Å². The van der Waals surface area contributed by atoms with Crippen LogP contribution in [0.3, 0.4) is 0 Å². The fraction of sp³-hybridized carbons (Fsp3) is 0.833. The van der Waals surface area contributed by atoms with Crippen LogP contribution in [0.4, 0.5) is 0 Å². The highest BCUT2D eigenvalue weighted by Gasteiger charge is 2.01. The molecule has 0 aliphatic carbocycles. The van der Waals surface area contributed by atoms with E-state index < -0.39 is 0 Å². The lowest BCUT2D eigenvalue weighted by molar-refractivity contribution is 0.130. The van der Waals surface area contributed by atoms with Gasteiger partial charge in [0.05, 0.1) is 26.0 Å². The van der Waals surface area contributed by atoms with E-state index in [1.807, 2.05) is 13.1 Å². The molecule has 0 atom stereocenters. The Kier molecular flexibility index (Phi) is 7.68. The van der Waals surface area contributed by atoms with Gasteiger partial charge in [0.2, 0.25) is 0 Å². The number of aromatic nitrogens is 3. The first-order chi connectivity index (χ1) is 8.72. The van der Waals surface area contributed by atoms with Crippen molar-refractivity contribution in [3.8, 4) is 0 Å². The third-order valence-electron chi connectivity index (χ3n) is 2.41. The molecule has 5 nitrogen and oxygen atoms in total. The molecule has 0 amide bonds. The summed E-state index contributed by atoms with van der Waals surface area (Å²) in [6, 6.07) is 0. The Morgan fingerprint density at radius 1 is 1.33 bits per heavy atom. The zero-order valence-corrected chi connectivity index (χ0v) is 11.6. The molecule has 1 radical (unpaired) electrons. The lowest BCUT2D eigenvalue weighted by Crippen LogP contribution is -2.06. The number of ether oxygens (including phenoxy) is 2. The van der Waals surface area contributed by atoms with Gasteiger partial charge < -0.3 is 9.47 Å². The molecule has 0 saturated carbocycles. The minimum atomic E-state index is 0.528. The van der Waals surface area contributed by atoms with Crippen molar-refractivity contribution in [2.24, 2.45) is 0 Å². The molecule has 18 heavy (non-hydrogen) atoms. The zero-order chi connectivity index (χ0) is 13.2. The van der Waals surface area contributed by atoms with E-state index >= 15 is 0 Å². The van der Waals surface area contributed by atoms with Gasteiger partial charge in [-0.05, 0) is 6.92 Å². The summed E-state index contributed by atoms with van der Waals surface area (Å²) >= 11 is 0. The van der Waals surface area contributed by atoms with E-state index in [0.29, 0.717) is 19.0 Å². The fourth-order valence-corrected chi connectivity index (χ4v) is 1.48. The van der Waals surface area contributed by atoms with Crippen LogP contribution in [0.25, 0.3) is 0 Å². The molecule has 1 aromatic heterocycles. The van der Waals surface area contributed by atoms with E-state index in [0.717, 1.165) is 31.8 Å². The fourth-order valence-electron chi connectivity index (χ4n) is 1.48. The molecule has 0 fully saturated rings. The van der Waals surface area contributed by atoms with Gasteiger partial charge >= 0.3 is 0 Å². The van der Waals surface area contributed by atoms with Crippen LogP contribution in [0.5, 0.6) is 0 Å². The van der Waals surface area contributed by atoms with E-state index in [9.17, 15) is 0 Å². The van der Waals surface area contributed by atoms with Crippen molar-refractivity contribution in [2.75, 3.05) is 19.8 Å². The summed E-state index contributed by atoms with van der Waals surface area (Å²) in [5.74, 6) is 0.619. The van der Waals surface area contributed by atoms with Gasteiger partial charge in [-0.3, -0.25) is 0 Å². The van der Waals surface area contributed by atoms with Gasteiger partial charge in [0.1, 0.15) is 13.0 Å². The largest absolute Gasteiger partial charge is 0.380 e. The lowest BCUT2D eigenvalue weighted by atomic mass is 9.64. The molecule has 101 valence electrons. The van der Waals surface area contributed by atoms with Gasteiger partial charge in [0.15, 0.2) is 0 Å². The summed E-state index contributed by atoms with van der Waals surface area (Å²) in [5, 5.41) is 8.06. The van der Waals surface area contributed by atoms with Crippen LogP contribution in [-0.2, 0) is 22.6 Å². The number of rotatable bonds is 10. The van der Waals surface area contributed by atoms with Crippen molar-refractivity contribution in [3.05, 3.63) is 11.9 Å². The second-order valence-corrected chi connectivity index (χ2v) is 4.49. The Bertz CT molecular complexity index is 318. The van der Waals surface area contributed by atoms with Crippen LogP contribution in [-0.4, -0.2) is 42.1 Å². The topological polar surface area (TPSA) is 49.2 Å². The second-order valence-electron chi connectivity index (χ2n) is 4.49. The molecule has 0 bridgehead atoms. The first-order valence-corrected chi connectivity index (χ1v) is 6.60. The molecule has 0 spiro atoms. The van der Waals surface area contributed by atoms with Crippen LogP contribution in [0.2, 0.25) is 12.1 Å². The van der Waals surface area contributed by atoms with Crippen LogP contribution in [0, 0.1) is 0 Å². The Morgan fingerprint density at radius 2 is 2.17 bits per heavy atom. The first-order valence-electron chi connectivity index (χ1n) is 6.60. The van der Waals surface area contributed by atoms with Crippen molar-refractivity contribution >= 4 is 7.28 Å². The molecular weight excluding hydrogens is 229 g/mol. The van der Waals surface area contributed by atoms with Crippen LogP contribution >= 0.6 is 0 Å². The number of hydrogen-bond donors (Lipinski definition) is 0. The van der Waals surface area contributed by atoms with E-state index in [1.54, 1.807) is 4.68 Å². The molecule has 1 rings (SSSR count). The van der Waals surface area contributed by atoms with Crippen molar-refractivity contribution in [3.63, 3.8) is 0 Å². The highest BCUT2D eigenvalue weighted by atomic mass is 16.5. The summed E-state index contributed by atoms with van der Waals surface area (Å²) in [6.45, 7) is 9.73. The maximum Gasteiger partial charge on any atom is 0.115 e. The third-order valence-corrected chi connectivity index (χ3v) is 2.41. The normalized spacial score (nSPS) is 11.1. The van der Waals surface area contributed by atoms with Gasteiger partial charge in [-0.15, -0.1) is 5.10 Å². The third kappa shape index (κ3) is 6.76. The number of hydrogen-bond acceptors (Lipinski definition) is 4. The molecule has 1 aromatic rings. The molecule has 0 saturated heterocycles. The zero-order valence-electron chi connectivity index (χ0n) is 11.6. The minimum absolute atomic E-state index is 0.528. The SMILES string of the molecule is CCOCCn1cc(COCC[B]C(C)C)nn1. The predicted molar refractivity (Wildman–Crippen MR) is 71.8 cm³/mol. The van der Waals surface area contributed by atoms with Gasteiger partial charge in [-0.1, -0.05) is 31.2 Å². The summed E-state index contributed by atoms with van der Waals surface area (Å²) in [7, 11) is 2.25. The molecule has 0 aliphatic heterocycles. The Morgan fingerprint density at radius 3 is 2.89 bits per heavy atom. The Balaban J connectivity index is 2.11. The lowest BCUT2D eigenvalue weighted by Gasteiger charge is -2.03. The molecule has 0 N–H and O–H groups in total. The van der Waals surface area contributed by atoms with Crippen molar-refractivity contribution in [2.45, 2.75) is 46.1 Å². The van der Waals surface area contributed by atoms with Crippen molar-refractivity contribution in [1.29, 1.82) is 0 Å². The smallest absolute Gasteiger partial charge is 0.115 e. The average molecular weight is 252 g/mol. The van der Waals surface area contributed by atoms with Gasteiger partial charge in [0, 0.05) is 13.2 Å². The predicted octanol–water partition coefficient (Wildman–Crippen LogP) is 1.78. The van der Waals surface area contributed by atoms with E-state index in [2.05, 4.69) is 31.4 Å². The summed E-state index contributed by atoms with van der Waals surface area (Å²) < 4.78 is 12.6. The quantitative estimate of drug-likeness (QED) is 0.470. The summed E-state index contributed by atoms with van der Waals surface area (Å²) in [6.07, 6.45) is 2.89. The molecule has 6 heteroatoms. The monoisotopic (exact) mass is 252 g/mol. The van der Waals surface area contributed by atoms with Crippen molar-refractivity contribution < 1.29 is 9.47 Å². The maximum atomic E-state index is 5.53. The molecule has 0 aliphatic rings. The molecule has 1 heterocycles. The molecule has 0 unspecified atom stereocenters. The van der Waals surface area contributed by atoms with E-state index in [-0.39, 0.29) is 0 Å². The molecule has 0 aromatic carbocycles. The standard InChI is InChI=1S/C12H23BN3O2/c1-4-17-8-6-16-9-12(14-15-16)10-18-7-5-13-11(2)3/h9,11H,4-8,10H2,1-3H3. The minimum Gasteiger partial charge on any atom is -0.380 e. The van der Waals surface area contributed by atoms with Crippen molar-refractivity contribution in [1.82, 2.24) is 15.0 Å². The van der Waals surface area contributed by atoms with Crippen LogP contribution in [0.15, 0.2) is 6.20 Å². The second kappa shape index (κ2) is 9.11. The van der Waals surface area contributed by atoms with Gasteiger partial charge in [-0.25, -0.2) is 4.68 Å². The van der Waals surface area contributed by atoms with Gasteiger partial charge in [0.25, 0.3) is 0 Å². The Labute approximate surface area is 110 Å². The average Bonchev–Trinajstić information content (AvgIpc) is 2.77. The maximum absolute atomic E-state index is 5.53. The first kappa shape index (κ1) is 15.2. The molecular formula is C12H23BN3O2. The van der Waals surface area contributed by atoms with Crippen LogP contribution in [0.1, 0.15) is 26.5 Å². The highest BCUT2D eigenvalue weighted by Crippen LogP contribution is 2.02. The van der Waals surface area contributed by atoms with E-state index in [4.69, 9.17) is 9.47 Å². The highest BCUT2D eigenvalue weighted by molar-refractivity contribution is 6.37. The van der Waals surface area contributed by atoms with Gasteiger partial charge in [-0.2, -0.15) is 0 Å². The van der Waals surface area contributed by atoms with Crippen LogP contribution < -0.4 is 0 Å². The Hall–Kier alpha value is -0.875. The number of nitrogens with zero attached hydrogens (tertiary/aromatic N) is 3. The summed E-state index contributed by atoms with van der Waals surface area (Å²) in [5.41, 5.74) is 0.871.